The second kappa shape index (κ2) is 15.6. The van der Waals surface area contributed by atoms with Crippen molar-refractivity contribution in [1.82, 2.24) is 9.80 Å². The number of aliphatic imine (C=N–C) groups is 1. The van der Waals surface area contributed by atoms with Gasteiger partial charge in [-0.15, -0.1) is 11.8 Å². The summed E-state index contributed by atoms with van der Waals surface area (Å²) in [5.74, 6) is 0.234. The smallest absolute Gasteiger partial charge is 0.308 e. The van der Waals surface area contributed by atoms with Crippen LogP contribution in [0.25, 0.3) is 0 Å². The monoisotopic (exact) mass is 700 g/mol. The molecule has 1 heterocycles. The highest BCUT2D eigenvalue weighted by Crippen LogP contribution is 2.48. The molecule has 2 aromatic rings. The van der Waals surface area contributed by atoms with Gasteiger partial charge in [0.1, 0.15) is 11.2 Å². The lowest BCUT2D eigenvalue weighted by molar-refractivity contribution is -0.0435. The molecule has 1 aliphatic heterocycles. The van der Waals surface area contributed by atoms with Crippen LogP contribution in [-0.4, -0.2) is 95.8 Å². The van der Waals surface area contributed by atoms with Crippen LogP contribution in [0, 0.1) is 0 Å². The fourth-order valence-corrected chi connectivity index (χ4v) is 8.54. The molecule has 0 aliphatic carbocycles. The standard InChI is InChI=1S/C26H36F3N4O7PS3/c1-3-39-41(34,40-4-2)20-33-16-14-32(15-17-33)13-12-21(19-42-22-8-6-5-7-9-22)31-24-11-10-23(44(30,37)38)18-25(24)43(35,36)26(27,28)29/h5-11,18H,3-4,12-17,19-20H2,1-2H3,(H2,30,37,38)/b31-21-. The van der Waals surface area contributed by atoms with Crippen LogP contribution in [0.3, 0.4) is 0 Å². The van der Waals surface area contributed by atoms with Gasteiger partial charge in [0, 0.05) is 49.1 Å². The van der Waals surface area contributed by atoms with Crippen LogP contribution in [0.1, 0.15) is 20.3 Å². The van der Waals surface area contributed by atoms with Crippen molar-refractivity contribution in [2.24, 2.45) is 10.1 Å². The number of thioether (sulfide) groups is 1. The Labute approximate surface area is 260 Å². The molecule has 18 heteroatoms. The summed E-state index contributed by atoms with van der Waals surface area (Å²) in [6, 6.07) is 11.4. The molecule has 11 nitrogen and oxygen atoms in total. The predicted octanol–water partition coefficient (Wildman–Crippen LogP) is 4.72. The molecule has 1 saturated heterocycles. The van der Waals surface area contributed by atoms with Gasteiger partial charge in [0.15, 0.2) is 0 Å². The number of hydrogen-bond donors (Lipinski definition) is 1. The lowest BCUT2D eigenvalue weighted by atomic mass is 10.2. The normalized spacial score (nSPS) is 16.4. The second-order valence-electron chi connectivity index (χ2n) is 9.70. The Morgan fingerprint density at radius 3 is 2.11 bits per heavy atom. The maximum Gasteiger partial charge on any atom is 0.501 e. The van der Waals surface area contributed by atoms with E-state index in [0.29, 0.717) is 50.9 Å². The van der Waals surface area contributed by atoms with Crippen molar-refractivity contribution < 1.29 is 43.6 Å². The van der Waals surface area contributed by atoms with Crippen molar-refractivity contribution in [2.75, 3.05) is 58.0 Å². The molecule has 1 fully saturated rings. The van der Waals surface area contributed by atoms with Gasteiger partial charge in [-0.1, -0.05) is 18.2 Å². The number of sulfonamides is 1. The van der Waals surface area contributed by atoms with Crippen LogP contribution in [0.4, 0.5) is 18.9 Å². The number of sulfone groups is 1. The highest BCUT2D eigenvalue weighted by Gasteiger charge is 2.48. The Morgan fingerprint density at radius 2 is 1.57 bits per heavy atom. The molecule has 0 aromatic heterocycles. The fraction of sp³-hybridized carbons (Fsp3) is 0.500. The number of nitrogens with zero attached hydrogens (tertiary/aromatic N) is 3. The second-order valence-corrected chi connectivity index (χ2v) is 16.2. The van der Waals surface area contributed by atoms with E-state index in [9.17, 15) is 34.6 Å². The van der Waals surface area contributed by atoms with E-state index < -0.39 is 48.4 Å². The van der Waals surface area contributed by atoms with Crippen molar-refractivity contribution in [2.45, 2.75) is 40.5 Å². The summed E-state index contributed by atoms with van der Waals surface area (Å²) in [5, 5.41) is 5.06. The minimum Gasteiger partial charge on any atom is -0.308 e. The van der Waals surface area contributed by atoms with E-state index in [4.69, 9.17) is 14.2 Å². The van der Waals surface area contributed by atoms with E-state index in [1.807, 2.05) is 35.2 Å². The van der Waals surface area contributed by atoms with E-state index in [1.165, 1.54) is 11.8 Å². The maximum atomic E-state index is 13.6. The maximum absolute atomic E-state index is 13.6. The van der Waals surface area contributed by atoms with Crippen molar-refractivity contribution in [3.05, 3.63) is 48.5 Å². The molecule has 0 amide bonds. The SMILES string of the molecule is CCOP(=O)(CN1CCN(CC/C(CSc2ccccc2)=N/c2ccc(S(N)(=O)=O)cc2S(=O)(=O)C(F)(F)F)CC1)OCC. The van der Waals surface area contributed by atoms with Gasteiger partial charge in [-0.3, -0.25) is 14.5 Å². The summed E-state index contributed by atoms with van der Waals surface area (Å²) in [6.07, 6.45) is 0.451. The Morgan fingerprint density at radius 1 is 0.977 bits per heavy atom. The zero-order valence-electron chi connectivity index (χ0n) is 24.3. The lowest BCUT2D eigenvalue weighted by Crippen LogP contribution is -2.47. The highest BCUT2D eigenvalue weighted by atomic mass is 32.2. The van der Waals surface area contributed by atoms with E-state index in [-0.39, 0.29) is 25.3 Å². The molecule has 2 aromatic carbocycles. The Kier molecular flexibility index (Phi) is 13.0. The van der Waals surface area contributed by atoms with Gasteiger partial charge in [0.25, 0.3) is 9.84 Å². The summed E-state index contributed by atoms with van der Waals surface area (Å²) in [5.41, 5.74) is -5.83. The van der Waals surface area contributed by atoms with Crippen LogP contribution in [0.2, 0.25) is 0 Å². The third kappa shape index (κ3) is 10.4. The first-order valence-corrected chi connectivity index (χ1v) is 19.4. The number of benzene rings is 2. The summed E-state index contributed by atoms with van der Waals surface area (Å²) in [6.45, 7) is 6.85. The Bertz CT molecular complexity index is 1540. The molecule has 2 N–H and O–H groups in total. The first-order valence-electron chi connectivity index (χ1n) is 13.6. The van der Waals surface area contributed by atoms with E-state index >= 15 is 0 Å². The molecular formula is C26H36F3N4O7PS3. The number of rotatable bonds is 15. The number of hydrogen-bond acceptors (Lipinski definition) is 11. The van der Waals surface area contributed by atoms with Crippen LogP contribution >= 0.6 is 19.4 Å². The zero-order valence-corrected chi connectivity index (χ0v) is 27.6. The molecule has 1 aliphatic rings. The molecule has 0 radical (unpaired) electrons. The average molecular weight is 701 g/mol. The number of primary sulfonamides is 1. The molecule has 0 atom stereocenters. The minimum absolute atomic E-state index is 0.161. The molecular weight excluding hydrogens is 664 g/mol. The van der Waals surface area contributed by atoms with Crippen LogP contribution in [0.5, 0.6) is 0 Å². The number of piperazine rings is 1. The summed E-state index contributed by atoms with van der Waals surface area (Å²) in [4.78, 5) is 7.24. The first kappa shape index (κ1) is 36.6. The third-order valence-corrected chi connectivity index (χ3v) is 12.0. The average Bonchev–Trinajstić information content (AvgIpc) is 2.95. The molecule has 0 unspecified atom stereocenters. The number of nitrogens with two attached hydrogens (primary N) is 1. The van der Waals surface area contributed by atoms with Gasteiger partial charge in [-0.2, -0.15) is 13.2 Å². The zero-order chi connectivity index (χ0) is 32.6. The quantitative estimate of drug-likeness (QED) is 0.157. The largest absolute Gasteiger partial charge is 0.501 e. The van der Waals surface area contributed by atoms with Crippen molar-refractivity contribution in [3.8, 4) is 0 Å². The van der Waals surface area contributed by atoms with E-state index in [1.54, 1.807) is 13.8 Å². The van der Waals surface area contributed by atoms with Gasteiger partial charge < -0.3 is 13.9 Å². The van der Waals surface area contributed by atoms with Gasteiger partial charge in [-0.05, 0) is 50.6 Å². The van der Waals surface area contributed by atoms with Gasteiger partial charge in [-0.25, -0.2) is 22.0 Å². The Hall–Kier alpha value is -1.82. The van der Waals surface area contributed by atoms with E-state index in [2.05, 4.69) is 9.89 Å². The van der Waals surface area contributed by atoms with Gasteiger partial charge in [0.05, 0.1) is 23.8 Å². The molecule has 0 bridgehead atoms. The Balaban J connectivity index is 1.85. The summed E-state index contributed by atoms with van der Waals surface area (Å²) in [7, 11) is -13.7. The molecule has 246 valence electrons. The number of halogens is 3. The topological polar surface area (TPSA) is 149 Å². The lowest BCUT2D eigenvalue weighted by Gasteiger charge is -2.35. The minimum atomic E-state index is -5.96. The van der Waals surface area contributed by atoms with Crippen molar-refractivity contribution in [3.63, 3.8) is 0 Å². The van der Waals surface area contributed by atoms with Crippen LogP contribution < -0.4 is 5.14 Å². The third-order valence-electron chi connectivity index (χ3n) is 6.49. The van der Waals surface area contributed by atoms with Gasteiger partial charge >= 0.3 is 13.1 Å². The summed E-state index contributed by atoms with van der Waals surface area (Å²) < 4.78 is 113. The van der Waals surface area contributed by atoms with Crippen molar-refractivity contribution >= 4 is 50.6 Å². The van der Waals surface area contributed by atoms with Crippen LogP contribution in [0.15, 0.2) is 68.2 Å². The van der Waals surface area contributed by atoms with Crippen LogP contribution in [-0.2, 0) is 33.5 Å². The van der Waals surface area contributed by atoms with Crippen molar-refractivity contribution in [1.29, 1.82) is 0 Å². The number of alkyl halides is 3. The molecule has 3 rings (SSSR count). The van der Waals surface area contributed by atoms with Gasteiger partial charge in [0.2, 0.25) is 10.0 Å². The predicted molar refractivity (Wildman–Crippen MR) is 164 cm³/mol. The first-order chi connectivity index (χ1) is 20.6. The van der Waals surface area contributed by atoms with E-state index in [0.717, 1.165) is 17.0 Å². The molecule has 44 heavy (non-hydrogen) atoms. The highest BCUT2D eigenvalue weighted by molar-refractivity contribution is 8.00. The molecule has 0 saturated carbocycles. The molecule has 0 spiro atoms. The summed E-state index contributed by atoms with van der Waals surface area (Å²) >= 11 is 1.37. The fourth-order valence-electron chi connectivity index (χ4n) is 4.32.